The summed E-state index contributed by atoms with van der Waals surface area (Å²) in [6.07, 6.45) is 2.80. The molecule has 1 aliphatic heterocycles. The molecule has 1 N–H and O–H groups in total. The Morgan fingerprint density at radius 1 is 1.36 bits per heavy atom. The zero-order valence-electron chi connectivity index (χ0n) is 14.9. The first-order valence-corrected chi connectivity index (χ1v) is 8.90. The third kappa shape index (κ3) is 4.60. The van der Waals surface area contributed by atoms with Gasteiger partial charge >= 0.3 is 6.03 Å². The molecule has 3 rings (SSSR count). The van der Waals surface area contributed by atoms with Gasteiger partial charge in [-0.15, -0.1) is 0 Å². The molecule has 2 aromatic rings. The van der Waals surface area contributed by atoms with Crippen molar-refractivity contribution in [2.45, 2.75) is 32.3 Å². The number of hydrogen-bond donors (Lipinski definition) is 1. The van der Waals surface area contributed by atoms with Crippen molar-refractivity contribution in [3.05, 3.63) is 47.7 Å². The molecule has 1 fully saturated rings. The van der Waals surface area contributed by atoms with E-state index >= 15 is 0 Å². The van der Waals surface area contributed by atoms with Crippen molar-refractivity contribution in [3.63, 3.8) is 0 Å². The summed E-state index contributed by atoms with van der Waals surface area (Å²) in [5.74, 6) is 0.736. The number of nitrogens with one attached hydrogen (secondary N) is 1. The van der Waals surface area contributed by atoms with E-state index in [1.807, 2.05) is 36.2 Å². The summed E-state index contributed by atoms with van der Waals surface area (Å²) in [5, 5.41) is 7.40. The summed E-state index contributed by atoms with van der Waals surface area (Å²) >= 11 is 0. The number of carbonyl (C=O) groups excluding carboxylic acids is 1. The van der Waals surface area contributed by atoms with Crippen LogP contribution in [-0.2, 0) is 24.6 Å². The Bertz CT molecular complexity index is 699. The van der Waals surface area contributed by atoms with Crippen molar-refractivity contribution in [1.82, 2.24) is 14.7 Å². The van der Waals surface area contributed by atoms with Crippen LogP contribution in [0.2, 0.25) is 0 Å². The SMILES string of the molecule is CCCc1cc(NC(=O)N2CCOC(Cc3ccccc3)C2)n(C)n1. The highest BCUT2D eigenvalue weighted by atomic mass is 16.5. The number of anilines is 1. The Hall–Kier alpha value is -2.34. The molecule has 0 aliphatic carbocycles. The van der Waals surface area contributed by atoms with Gasteiger partial charge in [0.25, 0.3) is 0 Å². The van der Waals surface area contributed by atoms with Crippen LogP contribution in [0.1, 0.15) is 24.6 Å². The van der Waals surface area contributed by atoms with Crippen LogP contribution in [0.5, 0.6) is 0 Å². The number of carbonyl (C=O) groups is 1. The van der Waals surface area contributed by atoms with E-state index < -0.39 is 0 Å². The maximum Gasteiger partial charge on any atom is 0.323 e. The van der Waals surface area contributed by atoms with E-state index in [-0.39, 0.29) is 12.1 Å². The molecule has 2 amide bonds. The van der Waals surface area contributed by atoms with Crippen LogP contribution in [0.15, 0.2) is 36.4 Å². The van der Waals surface area contributed by atoms with E-state index in [4.69, 9.17) is 4.74 Å². The number of rotatable bonds is 5. The van der Waals surface area contributed by atoms with E-state index in [1.54, 1.807) is 4.68 Å². The number of benzene rings is 1. The number of amides is 2. The van der Waals surface area contributed by atoms with Gasteiger partial charge in [-0.3, -0.25) is 10.00 Å². The lowest BCUT2D eigenvalue weighted by Crippen LogP contribution is -2.48. The molecule has 1 aromatic carbocycles. The van der Waals surface area contributed by atoms with Gasteiger partial charge in [0.1, 0.15) is 5.82 Å². The average Bonchev–Trinajstić information content (AvgIpc) is 2.95. The van der Waals surface area contributed by atoms with Crippen molar-refractivity contribution in [3.8, 4) is 0 Å². The molecule has 0 radical (unpaired) electrons. The van der Waals surface area contributed by atoms with E-state index in [2.05, 4.69) is 29.5 Å². The Kier molecular flexibility index (Phi) is 5.71. The van der Waals surface area contributed by atoms with Crippen LogP contribution in [0.3, 0.4) is 0 Å². The molecule has 25 heavy (non-hydrogen) atoms. The van der Waals surface area contributed by atoms with Crippen molar-refractivity contribution < 1.29 is 9.53 Å². The lowest BCUT2D eigenvalue weighted by Gasteiger charge is -2.33. The highest BCUT2D eigenvalue weighted by Crippen LogP contribution is 2.15. The van der Waals surface area contributed by atoms with E-state index in [1.165, 1.54) is 5.56 Å². The van der Waals surface area contributed by atoms with Crippen molar-refractivity contribution in [1.29, 1.82) is 0 Å². The minimum Gasteiger partial charge on any atom is -0.374 e. The molecule has 0 spiro atoms. The van der Waals surface area contributed by atoms with Gasteiger partial charge in [-0.25, -0.2) is 4.79 Å². The number of urea groups is 1. The standard InChI is InChI=1S/C19H26N4O2/c1-3-7-16-13-18(22(2)21-16)20-19(24)23-10-11-25-17(14-23)12-15-8-5-4-6-9-15/h4-6,8-9,13,17H,3,7,10-12,14H2,1-2H3,(H,20,24). The van der Waals surface area contributed by atoms with Crippen LogP contribution in [0, 0.1) is 0 Å². The predicted molar refractivity (Wildman–Crippen MR) is 97.7 cm³/mol. The number of nitrogens with zero attached hydrogens (tertiary/aromatic N) is 3. The van der Waals surface area contributed by atoms with Crippen LogP contribution in [0.25, 0.3) is 0 Å². The highest BCUT2D eigenvalue weighted by Gasteiger charge is 2.25. The van der Waals surface area contributed by atoms with Gasteiger partial charge in [-0.2, -0.15) is 5.10 Å². The summed E-state index contributed by atoms with van der Waals surface area (Å²) in [6, 6.07) is 12.1. The number of aryl methyl sites for hydroxylation is 2. The molecule has 6 nitrogen and oxygen atoms in total. The zero-order chi connectivity index (χ0) is 17.6. The maximum atomic E-state index is 12.6. The molecule has 6 heteroatoms. The normalized spacial score (nSPS) is 17.5. The van der Waals surface area contributed by atoms with Gasteiger partial charge < -0.3 is 9.64 Å². The van der Waals surface area contributed by atoms with Crippen molar-refractivity contribution in [2.75, 3.05) is 25.0 Å². The van der Waals surface area contributed by atoms with Crippen molar-refractivity contribution >= 4 is 11.8 Å². The number of aromatic nitrogens is 2. The fraction of sp³-hybridized carbons (Fsp3) is 0.474. The summed E-state index contributed by atoms with van der Waals surface area (Å²) < 4.78 is 7.56. The molecule has 1 saturated heterocycles. The van der Waals surface area contributed by atoms with E-state index in [0.717, 1.165) is 30.8 Å². The summed E-state index contributed by atoms with van der Waals surface area (Å²) in [5.41, 5.74) is 2.23. The number of ether oxygens (including phenoxy) is 1. The Balaban J connectivity index is 1.58. The number of hydrogen-bond acceptors (Lipinski definition) is 3. The first-order valence-electron chi connectivity index (χ1n) is 8.90. The van der Waals surface area contributed by atoms with E-state index in [0.29, 0.717) is 19.7 Å². The molecule has 134 valence electrons. The molecular formula is C19H26N4O2. The molecule has 1 atom stereocenters. The van der Waals surface area contributed by atoms with Gasteiger partial charge in [-0.05, 0) is 12.0 Å². The highest BCUT2D eigenvalue weighted by molar-refractivity contribution is 5.88. The summed E-state index contributed by atoms with van der Waals surface area (Å²) in [4.78, 5) is 14.4. The molecular weight excluding hydrogens is 316 g/mol. The van der Waals surface area contributed by atoms with Gasteiger partial charge in [0, 0.05) is 32.6 Å². The minimum absolute atomic E-state index is 0.0316. The van der Waals surface area contributed by atoms with Crippen LogP contribution < -0.4 is 5.32 Å². The van der Waals surface area contributed by atoms with E-state index in [9.17, 15) is 4.79 Å². The van der Waals surface area contributed by atoms with Crippen LogP contribution in [0.4, 0.5) is 10.6 Å². The second-order valence-corrected chi connectivity index (χ2v) is 6.45. The van der Waals surface area contributed by atoms with Crippen LogP contribution >= 0.6 is 0 Å². The topological polar surface area (TPSA) is 59.4 Å². The lowest BCUT2D eigenvalue weighted by molar-refractivity contribution is -0.0113. The van der Waals surface area contributed by atoms with Gasteiger partial charge in [0.05, 0.1) is 18.4 Å². The van der Waals surface area contributed by atoms with Crippen molar-refractivity contribution in [2.24, 2.45) is 7.05 Å². The average molecular weight is 342 g/mol. The minimum atomic E-state index is -0.0904. The maximum absolute atomic E-state index is 12.6. The fourth-order valence-electron chi connectivity index (χ4n) is 3.11. The molecule has 1 unspecified atom stereocenters. The second kappa shape index (κ2) is 8.16. The fourth-order valence-corrected chi connectivity index (χ4v) is 3.11. The smallest absolute Gasteiger partial charge is 0.323 e. The molecule has 1 aliphatic rings. The quantitative estimate of drug-likeness (QED) is 0.909. The summed E-state index contributed by atoms with van der Waals surface area (Å²) in [6.45, 7) is 3.89. The molecule has 0 saturated carbocycles. The second-order valence-electron chi connectivity index (χ2n) is 6.45. The third-order valence-electron chi connectivity index (χ3n) is 4.40. The molecule has 1 aromatic heterocycles. The number of morpholine rings is 1. The first-order chi connectivity index (χ1) is 12.2. The third-order valence-corrected chi connectivity index (χ3v) is 4.40. The zero-order valence-corrected chi connectivity index (χ0v) is 14.9. The van der Waals surface area contributed by atoms with Gasteiger partial charge in [-0.1, -0.05) is 43.7 Å². The monoisotopic (exact) mass is 342 g/mol. The predicted octanol–water partition coefficient (Wildman–Crippen LogP) is 2.85. The summed E-state index contributed by atoms with van der Waals surface area (Å²) in [7, 11) is 1.85. The first kappa shape index (κ1) is 17.5. The Morgan fingerprint density at radius 2 is 2.16 bits per heavy atom. The lowest BCUT2D eigenvalue weighted by atomic mass is 10.1. The van der Waals surface area contributed by atoms with Crippen LogP contribution in [-0.4, -0.2) is 46.5 Å². The Morgan fingerprint density at radius 3 is 2.92 bits per heavy atom. The molecule has 0 bridgehead atoms. The van der Waals surface area contributed by atoms with Gasteiger partial charge in [0.2, 0.25) is 0 Å². The Labute approximate surface area is 148 Å². The van der Waals surface area contributed by atoms with Gasteiger partial charge in [0.15, 0.2) is 0 Å². The molecule has 2 heterocycles. The largest absolute Gasteiger partial charge is 0.374 e.